The van der Waals surface area contributed by atoms with Gasteiger partial charge in [-0.05, 0) is 43.7 Å². The number of nitrogens with one attached hydrogen (secondary N) is 4. The lowest BCUT2D eigenvalue weighted by Crippen LogP contribution is -2.30. The fourth-order valence-electron chi connectivity index (χ4n) is 3.29. The molecule has 1 heterocycles. The molecule has 8 nitrogen and oxygen atoms in total. The Hall–Kier alpha value is -1.42. The molecule has 29 heavy (non-hydrogen) atoms. The number of sulfonamides is 1. The van der Waals surface area contributed by atoms with Gasteiger partial charge in [0.2, 0.25) is 10.0 Å². The van der Waals surface area contributed by atoms with Gasteiger partial charge in [-0.25, -0.2) is 13.4 Å². The molecule has 0 saturated heterocycles. The summed E-state index contributed by atoms with van der Waals surface area (Å²) in [5.74, 6) is 0.738. The van der Waals surface area contributed by atoms with Crippen LogP contribution in [0, 0.1) is 11.3 Å². The van der Waals surface area contributed by atoms with E-state index in [0.717, 1.165) is 32.1 Å². The molecule has 4 N–H and O–H groups in total. The number of nitrogens with zero attached hydrogens (tertiary/aromatic N) is 1. The first-order chi connectivity index (χ1) is 13.9. The predicted molar refractivity (Wildman–Crippen MR) is 117 cm³/mol. The third-order valence-corrected chi connectivity index (χ3v) is 6.27. The van der Waals surface area contributed by atoms with Crippen LogP contribution in [0.1, 0.15) is 57.8 Å². The summed E-state index contributed by atoms with van der Waals surface area (Å²) in [6.45, 7) is 1.11. The van der Waals surface area contributed by atoms with Crippen molar-refractivity contribution in [1.82, 2.24) is 15.2 Å². The van der Waals surface area contributed by atoms with Gasteiger partial charge >= 0.3 is 0 Å². The number of rotatable bonds is 12. The zero-order valence-electron chi connectivity index (χ0n) is 16.8. The molecule has 1 aromatic heterocycles. The van der Waals surface area contributed by atoms with Gasteiger partial charge in [0.1, 0.15) is 5.15 Å². The Labute approximate surface area is 178 Å². The molecule has 0 unspecified atom stereocenters. The molecular formula is C19H32ClN5O3S. The minimum Gasteiger partial charge on any atom is -0.356 e. The summed E-state index contributed by atoms with van der Waals surface area (Å²) < 4.78 is 23.9. The van der Waals surface area contributed by atoms with Gasteiger partial charge in [0.15, 0.2) is 5.96 Å². The lowest BCUT2D eigenvalue weighted by Gasteiger charge is -2.21. The fourth-order valence-corrected chi connectivity index (χ4v) is 4.38. The highest BCUT2D eigenvalue weighted by Crippen LogP contribution is 2.23. The van der Waals surface area contributed by atoms with E-state index < -0.39 is 10.0 Å². The van der Waals surface area contributed by atoms with E-state index >= 15 is 0 Å². The van der Waals surface area contributed by atoms with E-state index in [4.69, 9.17) is 21.8 Å². The Balaban J connectivity index is 1.46. The van der Waals surface area contributed by atoms with Crippen molar-refractivity contribution in [3.63, 3.8) is 0 Å². The Morgan fingerprint density at radius 3 is 2.72 bits per heavy atom. The first-order valence-corrected chi connectivity index (χ1v) is 12.3. The van der Waals surface area contributed by atoms with Gasteiger partial charge in [0.05, 0.1) is 12.4 Å². The van der Waals surface area contributed by atoms with Gasteiger partial charge < -0.3 is 10.6 Å². The van der Waals surface area contributed by atoms with Crippen LogP contribution >= 0.6 is 11.6 Å². The molecule has 1 aromatic rings. The van der Waals surface area contributed by atoms with Crippen LogP contribution in [0.5, 0.6) is 0 Å². The van der Waals surface area contributed by atoms with Crippen LogP contribution in [-0.4, -0.2) is 38.3 Å². The van der Waals surface area contributed by atoms with Crippen molar-refractivity contribution in [2.75, 3.05) is 24.2 Å². The summed E-state index contributed by atoms with van der Waals surface area (Å²) in [5.41, 5.74) is 0.700. The summed E-state index contributed by atoms with van der Waals surface area (Å²) in [5, 5.41) is 14.1. The Bertz CT molecular complexity index is 726. The van der Waals surface area contributed by atoms with E-state index in [0.29, 0.717) is 36.3 Å². The molecule has 10 heteroatoms. The minimum absolute atomic E-state index is 0.0747. The first kappa shape index (κ1) is 23.9. The van der Waals surface area contributed by atoms with Gasteiger partial charge in [-0.15, -0.1) is 0 Å². The molecule has 164 valence electrons. The summed E-state index contributed by atoms with van der Waals surface area (Å²) in [4.78, 5) is 11.4. The molecule has 0 amide bonds. The molecule has 0 radical (unpaired) electrons. The molecule has 1 fully saturated rings. The quantitative estimate of drug-likeness (QED) is 0.128. The van der Waals surface area contributed by atoms with Crippen LogP contribution in [0.2, 0.25) is 5.15 Å². The maximum atomic E-state index is 11.9. The van der Waals surface area contributed by atoms with E-state index in [2.05, 4.69) is 20.5 Å². The zero-order valence-corrected chi connectivity index (χ0v) is 18.3. The van der Waals surface area contributed by atoms with Gasteiger partial charge in [-0.2, -0.15) is 0 Å². The molecule has 1 aliphatic rings. The van der Waals surface area contributed by atoms with Crippen molar-refractivity contribution in [2.24, 2.45) is 5.92 Å². The van der Waals surface area contributed by atoms with E-state index in [1.807, 2.05) is 0 Å². The van der Waals surface area contributed by atoms with Gasteiger partial charge in [0.25, 0.3) is 0 Å². The molecule has 0 bridgehead atoms. The minimum atomic E-state index is -3.37. The number of halogens is 1. The van der Waals surface area contributed by atoms with E-state index in [1.54, 1.807) is 18.3 Å². The normalized spacial score (nSPS) is 15.2. The van der Waals surface area contributed by atoms with Crippen molar-refractivity contribution in [3.05, 3.63) is 23.5 Å². The van der Waals surface area contributed by atoms with Crippen LogP contribution < -0.4 is 15.5 Å². The Morgan fingerprint density at radius 2 is 1.97 bits per heavy atom. The molecular weight excluding hydrogens is 414 g/mol. The molecule has 0 aliphatic heterocycles. The second-order valence-corrected chi connectivity index (χ2v) is 9.62. The molecule has 1 saturated carbocycles. The lowest BCUT2D eigenvalue weighted by atomic mass is 9.90. The van der Waals surface area contributed by atoms with Crippen LogP contribution in [0.3, 0.4) is 0 Å². The summed E-state index contributed by atoms with van der Waals surface area (Å²) >= 11 is 5.80. The predicted octanol–water partition coefficient (Wildman–Crippen LogP) is 3.66. The Kier molecular flexibility index (Phi) is 10.7. The number of hydrogen-bond donors (Lipinski definition) is 4. The third kappa shape index (κ3) is 10.8. The van der Waals surface area contributed by atoms with Crippen LogP contribution in [0.15, 0.2) is 18.3 Å². The van der Waals surface area contributed by atoms with Gasteiger partial charge in [0, 0.05) is 18.4 Å². The van der Waals surface area contributed by atoms with Crippen molar-refractivity contribution in [1.29, 1.82) is 5.41 Å². The van der Waals surface area contributed by atoms with Crippen molar-refractivity contribution in [2.45, 2.75) is 57.8 Å². The smallest absolute Gasteiger partial charge is 0.233 e. The van der Waals surface area contributed by atoms with Crippen molar-refractivity contribution in [3.8, 4) is 0 Å². The maximum absolute atomic E-state index is 11.9. The molecule has 2 rings (SSSR count). The zero-order chi connectivity index (χ0) is 21.0. The maximum Gasteiger partial charge on any atom is 0.233 e. The molecule has 0 aromatic carbocycles. The van der Waals surface area contributed by atoms with E-state index in [-0.39, 0.29) is 11.7 Å². The SMILES string of the molecule is N=C(NCCCCCCS(=O)(=O)NOCC1CCCCC1)Nc1ccnc(Cl)c1. The molecule has 1 aliphatic carbocycles. The highest BCUT2D eigenvalue weighted by molar-refractivity contribution is 7.89. The lowest BCUT2D eigenvalue weighted by molar-refractivity contribution is 0.0519. The number of unbranched alkanes of at least 4 members (excludes halogenated alkanes) is 3. The molecule has 0 spiro atoms. The van der Waals surface area contributed by atoms with Crippen molar-refractivity contribution >= 4 is 33.3 Å². The number of guanidine groups is 1. The largest absolute Gasteiger partial charge is 0.356 e. The van der Waals surface area contributed by atoms with Crippen molar-refractivity contribution < 1.29 is 13.3 Å². The average Bonchev–Trinajstić information content (AvgIpc) is 2.68. The van der Waals surface area contributed by atoms with Gasteiger partial charge in [-0.1, -0.05) is 48.6 Å². The van der Waals surface area contributed by atoms with E-state index in [1.165, 1.54) is 19.3 Å². The summed E-state index contributed by atoms with van der Waals surface area (Å²) in [7, 11) is -3.37. The number of hydrogen-bond acceptors (Lipinski definition) is 5. The van der Waals surface area contributed by atoms with Crippen LogP contribution in [0.25, 0.3) is 0 Å². The topological polar surface area (TPSA) is 116 Å². The highest BCUT2D eigenvalue weighted by atomic mass is 35.5. The summed E-state index contributed by atoms with van der Waals surface area (Å²) in [6.07, 6.45) is 10.7. The van der Waals surface area contributed by atoms with E-state index in [9.17, 15) is 8.42 Å². The fraction of sp³-hybridized carbons (Fsp3) is 0.684. The van der Waals surface area contributed by atoms with Crippen LogP contribution in [0.4, 0.5) is 5.69 Å². The second kappa shape index (κ2) is 13.0. The second-order valence-electron chi connectivity index (χ2n) is 7.43. The monoisotopic (exact) mass is 445 g/mol. The third-order valence-electron chi connectivity index (χ3n) is 4.87. The summed E-state index contributed by atoms with van der Waals surface area (Å²) in [6, 6.07) is 3.38. The number of aromatic nitrogens is 1. The molecule has 0 atom stereocenters. The van der Waals surface area contributed by atoms with Gasteiger partial charge in [-0.3, -0.25) is 10.2 Å². The average molecular weight is 446 g/mol. The Morgan fingerprint density at radius 1 is 1.21 bits per heavy atom. The first-order valence-electron chi connectivity index (χ1n) is 10.3. The highest BCUT2D eigenvalue weighted by Gasteiger charge is 2.15. The number of anilines is 1. The van der Waals surface area contributed by atoms with Crippen LogP contribution in [-0.2, 0) is 14.9 Å². The standard InChI is InChI=1S/C19H32ClN5O3S/c20-18-14-17(10-12-22-18)24-19(21)23-11-6-1-2-7-13-29(26,27)25-28-15-16-8-4-3-5-9-16/h10,12,14,16,25H,1-9,11,13,15H2,(H3,21,22,23,24). The number of pyridine rings is 1.